The average Bonchev–Trinajstić information content (AvgIpc) is 2.57. The molecule has 0 spiro atoms. The smallest absolute Gasteiger partial charge is 0.407 e. The summed E-state index contributed by atoms with van der Waals surface area (Å²) in [6.07, 6.45) is 0.664. The zero-order valence-electron chi connectivity index (χ0n) is 8.62. The molecule has 0 radical (unpaired) electrons. The van der Waals surface area contributed by atoms with Crippen LogP contribution in [0, 0.1) is 0 Å². The third kappa shape index (κ3) is 2.75. The highest BCUT2D eigenvalue weighted by molar-refractivity contribution is 6.27. The molecular weight excluding hydrogens is 220 g/mol. The Kier molecular flexibility index (Phi) is 3.79. The zero-order chi connectivity index (χ0) is 11.5. The van der Waals surface area contributed by atoms with E-state index in [2.05, 4.69) is 5.32 Å². The van der Waals surface area contributed by atoms with E-state index in [9.17, 15) is 9.59 Å². The summed E-state index contributed by atoms with van der Waals surface area (Å²) in [5.41, 5.74) is -0.493. The van der Waals surface area contributed by atoms with E-state index in [4.69, 9.17) is 16.7 Å². The predicted molar refractivity (Wildman–Crippen MR) is 56.1 cm³/mol. The van der Waals surface area contributed by atoms with E-state index < -0.39 is 11.6 Å². The van der Waals surface area contributed by atoms with Crippen LogP contribution >= 0.6 is 11.6 Å². The predicted octanol–water partition coefficient (Wildman–Crippen LogP) is 0.874. The van der Waals surface area contributed by atoms with Gasteiger partial charge >= 0.3 is 6.09 Å². The summed E-state index contributed by atoms with van der Waals surface area (Å²) < 4.78 is 0. The van der Waals surface area contributed by atoms with Gasteiger partial charge in [-0.2, -0.15) is 0 Å². The first-order chi connectivity index (χ1) is 6.99. The normalized spacial score (nSPS) is 25.3. The summed E-state index contributed by atoms with van der Waals surface area (Å²) in [4.78, 5) is 23.3. The van der Waals surface area contributed by atoms with Crippen molar-refractivity contribution in [1.29, 1.82) is 0 Å². The van der Waals surface area contributed by atoms with Crippen LogP contribution in [0.3, 0.4) is 0 Å². The fraction of sp³-hybridized carbons (Fsp3) is 0.778. The van der Waals surface area contributed by atoms with Gasteiger partial charge < -0.3 is 15.3 Å². The van der Waals surface area contributed by atoms with Gasteiger partial charge in [0.1, 0.15) is 5.88 Å². The molecule has 0 aromatic heterocycles. The largest absolute Gasteiger partial charge is 0.465 e. The van der Waals surface area contributed by atoms with Crippen molar-refractivity contribution in [2.75, 3.05) is 19.0 Å². The summed E-state index contributed by atoms with van der Waals surface area (Å²) in [6, 6.07) is 0. The van der Waals surface area contributed by atoms with Crippen molar-refractivity contribution >= 4 is 23.6 Å². The fourth-order valence-corrected chi connectivity index (χ4v) is 1.96. The molecule has 1 aliphatic heterocycles. The van der Waals surface area contributed by atoms with Crippen LogP contribution in [0.2, 0.25) is 0 Å². The van der Waals surface area contributed by atoms with E-state index in [1.807, 2.05) is 6.92 Å². The van der Waals surface area contributed by atoms with Crippen LogP contribution in [-0.2, 0) is 4.79 Å². The number of amides is 2. The second-order valence-corrected chi connectivity index (χ2v) is 4.21. The standard InChI is InChI=1S/C9H15ClN2O3/c1-9(6-11-7(13)5-10)3-2-4-12(9)8(14)15/h2-6H2,1H3,(H,11,13)(H,14,15). The first kappa shape index (κ1) is 12.1. The Labute approximate surface area is 93.4 Å². The van der Waals surface area contributed by atoms with Crippen molar-refractivity contribution in [3.8, 4) is 0 Å². The number of alkyl halides is 1. The molecule has 5 nitrogen and oxygen atoms in total. The molecule has 86 valence electrons. The number of carboxylic acid groups (broad SMARTS) is 1. The molecule has 15 heavy (non-hydrogen) atoms. The second kappa shape index (κ2) is 4.70. The summed E-state index contributed by atoms with van der Waals surface area (Å²) in [5, 5.41) is 11.6. The molecule has 1 unspecified atom stereocenters. The van der Waals surface area contributed by atoms with Crippen molar-refractivity contribution < 1.29 is 14.7 Å². The van der Waals surface area contributed by atoms with Gasteiger partial charge in [-0.05, 0) is 19.8 Å². The van der Waals surface area contributed by atoms with Crippen molar-refractivity contribution in [2.45, 2.75) is 25.3 Å². The summed E-state index contributed by atoms with van der Waals surface area (Å²) in [6.45, 7) is 2.69. The highest BCUT2D eigenvalue weighted by Crippen LogP contribution is 2.28. The minimum atomic E-state index is -0.935. The number of carbonyl (C=O) groups is 2. The van der Waals surface area contributed by atoms with E-state index >= 15 is 0 Å². The first-order valence-corrected chi connectivity index (χ1v) is 5.36. The number of nitrogens with one attached hydrogen (secondary N) is 1. The maximum absolute atomic E-state index is 11.0. The molecule has 1 rings (SSSR count). The molecule has 1 heterocycles. The van der Waals surface area contributed by atoms with Gasteiger partial charge in [0.15, 0.2) is 0 Å². The van der Waals surface area contributed by atoms with Gasteiger partial charge in [0.2, 0.25) is 5.91 Å². The lowest BCUT2D eigenvalue weighted by molar-refractivity contribution is -0.119. The Hall–Kier alpha value is -0.970. The molecule has 0 aromatic carbocycles. The van der Waals surface area contributed by atoms with Crippen LogP contribution in [0.25, 0.3) is 0 Å². The maximum Gasteiger partial charge on any atom is 0.407 e. The van der Waals surface area contributed by atoms with E-state index in [0.717, 1.165) is 12.8 Å². The topological polar surface area (TPSA) is 69.6 Å². The third-order valence-electron chi connectivity index (χ3n) is 2.77. The molecule has 0 bridgehead atoms. The molecule has 0 aromatic rings. The number of rotatable bonds is 3. The Morgan fingerprint density at radius 3 is 2.80 bits per heavy atom. The first-order valence-electron chi connectivity index (χ1n) is 4.83. The van der Waals surface area contributed by atoms with Gasteiger partial charge in [-0.1, -0.05) is 0 Å². The van der Waals surface area contributed by atoms with Crippen molar-refractivity contribution in [2.24, 2.45) is 0 Å². The SMILES string of the molecule is CC1(CNC(=O)CCl)CCCN1C(=O)O. The highest BCUT2D eigenvalue weighted by Gasteiger charge is 2.39. The summed E-state index contributed by atoms with van der Waals surface area (Å²) in [7, 11) is 0. The van der Waals surface area contributed by atoms with Crippen LogP contribution in [0.1, 0.15) is 19.8 Å². The number of likely N-dealkylation sites (tertiary alicyclic amines) is 1. The highest BCUT2D eigenvalue weighted by atomic mass is 35.5. The molecule has 1 aliphatic rings. The van der Waals surface area contributed by atoms with Gasteiger partial charge in [0.25, 0.3) is 0 Å². The monoisotopic (exact) mass is 234 g/mol. The zero-order valence-corrected chi connectivity index (χ0v) is 9.38. The Balaban J connectivity index is 2.57. The van der Waals surface area contributed by atoms with Gasteiger partial charge in [0.05, 0.1) is 5.54 Å². The fourth-order valence-electron chi connectivity index (χ4n) is 1.87. The molecule has 2 amide bonds. The molecule has 2 N–H and O–H groups in total. The Morgan fingerprint density at radius 2 is 2.27 bits per heavy atom. The van der Waals surface area contributed by atoms with Gasteiger partial charge in [-0.25, -0.2) is 4.79 Å². The van der Waals surface area contributed by atoms with Crippen molar-refractivity contribution in [3.63, 3.8) is 0 Å². The van der Waals surface area contributed by atoms with E-state index in [1.54, 1.807) is 0 Å². The number of carbonyl (C=O) groups excluding carboxylic acids is 1. The number of nitrogens with zero attached hydrogens (tertiary/aromatic N) is 1. The van der Waals surface area contributed by atoms with Crippen molar-refractivity contribution in [3.05, 3.63) is 0 Å². The van der Waals surface area contributed by atoms with Crippen LogP contribution in [0.15, 0.2) is 0 Å². The maximum atomic E-state index is 11.0. The van der Waals surface area contributed by atoms with Gasteiger partial charge in [-0.15, -0.1) is 11.6 Å². The Morgan fingerprint density at radius 1 is 1.60 bits per heavy atom. The Bertz CT molecular complexity index is 272. The van der Waals surface area contributed by atoms with Crippen LogP contribution in [-0.4, -0.2) is 46.5 Å². The van der Waals surface area contributed by atoms with E-state index in [1.165, 1.54) is 4.90 Å². The van der Waals surface area contributed by atoms with Crippen LogP contribution < -0.4 is 5.32 Å². The minimum absolute atomic E-state index is 0.0941. The van der Waals surface area contributed by atoms with Gasteiger partial charge in [0, 0.05) is 13.1 Å². The number of halogens is 1. The lowest BCUT2D eigenvalue weighted by atomic mass is 9.99. The quantitative estimate of drug-likeness (QED) is 0.712. The lowest BCUT2D eigenvalue weighted by Crippen LogP contribution is -2.52. The summed E-state index contributed by atoms with van der Waals surface area (Å²) in [5.74, 6) is -0.362. The number of hydrogen-bond acceptors (Lipinski definition) is 2. The average molecular weight is 235 g/mol. The molecule has 1 fully saturated rings. The number of hydrogen-bond donors (Lipinski definition) is 2. The summed E-state index contributed by atoms with van der Waals surface area (Å²) >= 11 is 5.34. The molecule has 1 saturated heterocycles. The van der Waals surface area contributed by atoms with E-state index in [-0.39, 0.29) is 11.8 Å². The van der Waals surface area contributed by atoms with Crippen molar-refractivity contribution in [1.82, 2.24) is 10.2 Å². The molecular formula is C9H15ClN2O3. The molecule has 1 atom stereocenters. The minimum Gasteiger partial charge on any atom is -0.465 e. The molecule has 0 aliphatic carbocycles. The van der Waals surface area contributed by atoms with Crippen LogP contribution in [0.5, 0.6) is 0 Å². The van der Waals surface area contributed by atoms with Gasteiger partial charge in [-0.3, -0.25) is 4.79 Å². The third-order valence-corrected chi connectivity index (χ3v) is 3.01. The molecule has 6 heteroatoms. The van der Waals surface area contributed by atoms with Crippen LogP contribution in [0.4, 0.5) is 4.79 Å². The second-order valence-electron chi connectivity index (χ2n) is 3.95. The molecule has 0 saturated carbocycles. The lowest BCUT2D eigenvalue weighted by Gasteiger charge is -2.33. The van der Waals surface area contributed by atoms with E-state index in [0.29, 0.717) is 13.1 Å².